The largest absolute Gasteiger partial charge is 0.394 e. The average molecular weight is 281 g/mol. The van der Waals surface area contributed by atoms with Gasteiger partial charge in [-0.15, -0.1) is 0 Å². The van der Waals surface area contributed by atoms with Crippen LogP contribution in [0.4, 0.5) is 5.82 Å². The lowest BCUT2D eigenvalue weighted by atomic mass is 10.1. The van der Waals surface area contributed by atoms with Crippen molar-refractivity contribution in [1.29, 1.82) is 0 Å². The van der Waals surface area contributed by atoms with Crippen molar-refractivity contribution < 1.29 is 20.1 Å². The Hall–Kier alpha value is -1.81. The first-order chi connectivity index (χ1) is 9.67. The van der Waals surface area contributed by atoms with E-state index < -0.39 is 24.4 Å². The molecule has 0 saturated carbocycles. The van der Waals surface area contributed by atoms with Gasteiger partial charge in [-0.3, -0.25) is 5.10 Å². The number of aromatic amines is 1. The smallest absolute Gasteiger partial charge is 0.157 e. The van der Waals surface area contributed by atoms with Crippen molar-refractivity contribution in [3.63, 3.8) is 0 Å². The molecule has 9 heteroatoms. The molecule has 0 spiro atoms. The van der Waals surface area contributed by atoms with E-state index in [2.05, 4.69) is 25.5 Å². The Kier molecular flexibility index (Phi) is 3.26. The number of nitrogens with one attached hydrogen (secondary N) is 2. The lowest BCUT2D eigenvalue weighted by Gasteiger charge is -2.12. The molecule has 1 aliphatic rings. The molecular weight excluding hydrogens is 266 g/mol. The summed E-state index contributed by atoms with van der Waals surface area (Å²) in [5.74, 6) is 0.546. The van der Waals surface area contributed by atoms with Gasteiger partial charge in [0.15, 0.2) is 11.3 Å². The Bertz CT molecular complexity index is 618. The fourth-order valence-corrected chi connectivity index (χ4v) is 2.37. The molecule has 5 N–H and O–H groups in total. The van der Waals surface area contributed by atoms with Crippen LogP contribution < -0.4 is 5.32 Å². The summed E-state index contributed by atoms with van der Waals surface area (Å²) in [7, 11) is 1.71. The molecular formula is C11H15N5O4. The standard InChI is InChI=1S/C11H15N5O4/c1-12-11-7-5(13-3-14-11)6(15-16-7)10-9(19)8(18)4(2-17)20-10/h3-4,8-10,17-19H,2H2,1H3,(H,15,16)(H,12,13,14)/t4-,8+,9+,10-/m0/s1. The van der Waals surface area contributed by atoms with E-state index in [0.717, 1.165) is 0 Å². The Morgan fingerprint density at radius 1 is 1.30 bits per heavy atom. The third-order valence-electron chi connectivity index (χ3n) is 3.43. The first kappa shape index (κ1) is 13.2. The number of anilines is 1. The minimum atomic E-state index is -1.16. The Labute approximate surface area is 113 Å². The number of aliphatic hydroxyl groups is 3. The van der Waals surface area contributed by atoms with Crippen molar-refractivity contribution >= 4 is 16.9 Å². The molecule has 0 aliphatic carbocycles. The zero-order valence-corrected chi connectivity index (χ0v) is 10.7. The molecule has 1 aliphatic heterocycles. The summed E-state index contributed by atoms with van der Waals surface area (Å²) >= 11 is 0. The van der Waals surface area contributed by atoms with E-state index in [1.54, 1.807) is 7.05 Å². The number of fused-ring (bicyclic) bond motifs is 1. The quantitative estimate of drug-likeness (QED) is 0.461. The van der Waals surface area contributed by atoms with Gasteiger partial charge in [0.1, 0.15) is 36.3 Å². The minimum absolute atomic E-state index is 0.377. The van der Waals surface area contributed by atoms with Crippen molar-refractivity contribution in [2.24, 2.45) is 0 Å². The van der Waals surface area contributed by atoms with E-state index in [4.69, 9.17) is 9.84 Å². The first-order valence-electron chi connectivity index (χ1n) is 6.16. The van der Waals surface area contributed by atoms with Crippen LogP contribution in [-0.2, 0) is 4.74 Å². The van der Waals surface area contributed by atoms with Crippen LogP contribution in [0.25, 0.3) is 11.0 Å². The summed E-state index contributed by atoms with van der Waals surface area (Å²) in [4.78, 5) is 8.16. The Morgan fingerprint density at radius 3 is 2.75 bits per heavy atom. The van der Waals surface area contributed by atoms with E-state index in [1.807, 2.05) is 0 Å². The second-order valence-corrected chi connectivity index (χ2v) is 4.57. The van der Waals surface area contributed by atoms with E-state index in [1.165, 1.54) is 6.33 Å². The molecule has 2 aromatic rings. The van der Waals surface area contributed by atoms with Crippen molar-refractivity contribution in [3.05, 3.63) is 12.0 Å². The maximum atomic E-state index is 10.0. The maximum absolute atomic E-state index is 10.0. The van der Waals surface area contributed by atoms with Crippen LogP contribution >= 0.6 is 0 Å². The fraction of sp³-hybridized carbons (Fsp3) is 0.545. The highest BCUT2D eigenvalue weighted by Crippen LogP contribution is 2.35. The summed E-state index contributed by atoms with van der Waals surface area (Å²) < 4.78 is 5.46. The number of hydrogen-bond donors (Lipinski definition) is 5. The summed E-state index contributed by atoms with van der Waals surface area (Å²) in [5.41, 5.74) is 1.46. The highest BCUT2D eigenvalue weighted by atomic mass is 16.6. The van der Waals surface area contributed by atoms with Gasteiger partial charge in [0.2, 0.25) is 0 Å². The SMILES string of the molecule is CNc1ncnc2c([C@@H]3O[C@@H](CO)[C@@H](O)[C@H]3O)[nH]nc12. The zero-order chi connectivity index (χ0) is 14.3. The molecule has 3 rings (SSSR count). The van der Waals surface area contributed by atoms with Gasteiger partial charge in [0, 0.05) is 7.05 Å². The molecule has 1 saturated heterocycles. The van der Waals surface area contributed by atoms with E-state index in [-0.39, 0.29) is 6.61 Å². The van der Waals surface area contributed by atoms with Gasteiger partial charge in [0.25, 0.3) is 0 Å². The highest BCUT2D eigenvalue weighted by Gasteiger charge is 2.44. The van der Waals surface area contributed by atoms with Crippen LogP contribution in [0.3, 0.4) is 0 Å². The minimum Gasteiger partial charge on any atom is -0.394 e. The predicted molar refractivity (Wildman–Crippen MR) is 67.9 cm³/mol. The third kappa shape index (κ3) is 1.83. The number of aromatic nitrogens is 4. The lowest BCUT2D eigenvalue weighted by Crippen LogP contribution is -2.32. The zero-order valence-electron chi connectivity index (χ0n) is 10.7. The maximum Gasteiger partial charge on any atom is 0.157 e. The van der Waals surface area contributed by atoms with E-state index in [9.17, 15) is 10.2 Å². The van der Waals surface area contributed by atoms with Crippen LogP contribution in [0.15, 0.2) is 6.33 Å². The van der Waals surface area contributed by atoms with Gasteiger partial charge < -0.3 is 25.4 Å². The molecule has 0 aromatic carbocycles. The van der Waals surface area contributed by atoms with Gasteiger partial charge in [0.05, 0.1) is 12.3 Å². The molecule has 1 fully saturated rings. The third-order valence-corrected chi connectivity index (χ3v) is 3.43. The summed E-state index contributed by atoms with van der Waals surface area (Å²) in [6.07, 6.45) is -2.61. The van der Waals surface area contributed by atoms with E-state index >= 15 is 0 Å². The summed E-state index contributed by atoms with van der Waals surface area (Å²) in [6.45, 7) is -0.377. The van der Waals surface area contributed by atoms with Gasteiger partial charge in [-0.25, -0.2) is 9.97 Å². The normalized spacial score (nSPS) is 30.0. The fourth-order valence-electron chi connectivity index (χ4n) is 2.37. The summed E-state index contributed by atoms with van der Waals surface area (Å²) in [6, 6.07) is 0. The van der Waals surface area contributed by atoms with Crippen molar-refractivity contribution in [3.8, 4) is 0 Å². The van der Waals surface area contributed by atoms with Crippen LogP contribution in [-0.4, -0.2) is 67.5 Å². The molecule has 9 nitrogen and oxygen atoms in total. The second-order valence-electron chi connectivity index (χ2n) is 4.57. The summed E-state index contributed by atoms with van der Waals surface area (Å²) in [5, 5.41) is 38.7. The lowest BCUT2D eigenvalue weighted by molar-refractivity contribution is -0.0236. The van der Waals surface area contributed by atoms with Gasteiger partial charge in [-0.1, -0.05) is 0 Å². The van der Waals surface area contributed by atoms with Crippen molar-refractivity contribution in [1.82, 2.24) is 20.2 Å². The molecule has 0 radical (unpaired) electrons. The second kappa shape index (κ2) is 4.94. The number of hydrogen-bond acceptors (Lipinski definition) is 8. The molecule has 108 valence electrons. The predicted octanol–water partition coefficient (Wildman–Crippen LogP) is -1.45. The number of H-pyrrole nitrogens is 1. The van der Waals surface area contributed by atoms with Crippen LogP contribution in [0, 0.1) is 0 Å². The van der Waals surface area contributed by atoms with Crippen LogP contribution in [0.5, 0.6) is 0 Å². The monoisotopic (exact) mass is 281 g/mol. The van der Waals surface area contributed by atoms with Crippen LogP contribution in [0.2, 0.25) is 0 Å². The topological polar surface area (TPSA) is 136 Å². The van der Waals surface area contributed by atoms with Gasteiger partial charge >= 0.3 is 0 Å². The highest BCUT2D eigenvalue weighted by molar-refractivity contribution is 5.86. The Morgan fingerprint density at radius 2 is 2.10 bits per heavy atom. The number of rotatable bonds is 3. The number of nitrogens with zero attached hydrogens (tertiary/aromatic N) is 3. The molecule has 0 bridgehead atoms. The molecule has 2 aromatic heterocycles. The molecule has 0 unspecified atom stereocenters. The number of aliphatic hydroxyl groups excluding tert-OH is 3. The van der Waals surface area contributed by atoms with Gasteiger partial charge in [-0.2, -0.15) is 5.10 Å². The van der Waals surface area contributed by atoms with Crippen LogP contribution in [0.1, 0.15) is 11.8 Å². The van der Waals surface area contributed by atoms with Crippen molar-refractivity contribution in [2.45, 2.75) is 24.4 Å². The Balaban J connectivity index is 2.03. The molecule has 4 atom stereocenters. The van der Waals surface area contributed by atoms with Crippen molar-refractivity contribution in [2.75, 3.05) is 19.0 Å². The molecule has 0 amide bonds. The average Bonchev–Trinajstić information content (AvgIpc) is 3.01. The van der Waals surface area contributed by atoms with Gasteiger partial charge in [-0.05, 0) is 0 Å². The molecule has 20 heavy (non-hydrogen) atoms. The number of ether oxygens (including phenoxy) is 1. The van der Waals surface area contributed by atoms with E-state index in [0.29, 0.717) is 22.5 Å². The molecule has 3 heterocycles. The first-order valence-corrected chi connectivity index (χ1v) is 6.16.